The Labute approximate surface area is 123 Å². The van der Waals surface area contributed by atoms with Gasteiger partial charge in [0.05, 0.1) is 0 Å². The number of nitrogens with zero attached hydrogens (tertiary/aromatic N) is 2. The fourth-order valence-electron chi connectivity index (χ4n) is 3.14. The molecule has 0 spiro atoms. The second-order valence-electron chi connectivity index (χ2n) is 5.66. The topological polar surface area (TPSA) is 40.6 Å². The van der Waals surface area contributed by atoms with Crippen molar-refractivity contribution in [1.82, 2.24) is 9.80 Å². The van der Waals surface area contributed by atoms with Gasteiger partial charge in [0.2, 0.25) is 11.8 Å². The molecule has 1 aromatic rings. The van der Waals surface area contributed by atoms with Crippen molar-refractivity contribution in [1.29, 1.82) is 0 Å². The summed E-state index contributed by atoms with van der Waals surface area (Å²) in [5, 5.41) is 2.12. The summed E-state index contributed by atoms with van der Waals surface area (Å²) in [6.45, 7) is 4.67. The number of piperidine rings is 1. The van der Waals surface area contributed by atoms with Crippen molar-refractivity contribution >= 4 is 23.2 Å². The van der Waals surface area contributed by atoms with Gasteiger partial charge in [-0.15, -0.1) is 11.3 Å². The zero-order chi connectivity index (χ0) is 14.1. The second-order valence-corrected chi connectivity index (χ2v) is 6.66. The summed E-state index contributed by atoms with van der Waals surface area (Å²) in [5.74, 6) is 0.507. The Hall–Kier alpha value is -1.36. The van der Waals surface area contributed by atoms with Crippen molar-refractivity contribution in [3.8, 4) is 0 Å². The molecule has 1 fully saturated rings. The molecule has 0 radical (unpaired) electrons. The normalized spacial score (nSPS) is 19.9. The lowest BCUT2D eigenvalue weighted by Gasteiger charge is -2.35. The first-order valence-corrected chi connectivity index (χ1v) is 8.12. The smallest absolute Gasteiger partial charge is 0.226 e. The van der Waals surface area contributed by atoms with Crippen LogP contribution in [-0.2, 0) is 22.6 Å². The number of likely N-dealkylation sites (tertiary alicyclic amines) is 1. The van der Waals surface area contributed by atoms with Crippen LogP contribution in [0.1, 0.15) is 30.2 Å². The summed E-state index contributed by atoms with van der Waals surface area (Å²) in [4.78, 5) is 29.2. The molecule has 0 N–H and O–H groups in total. The highest BCUT2D eigenvalue weighted by Gasteiger charge is 2.31. The predicted molar refractivity (Wildman–Crippen MR) is 78.4 cm³/mol. The lowest BCUT2D eigenvalue weighted by atomic mass is 9.94. The number of fused-ring (bicyclic) bond motifs is 1. The Bertz CT molecular complexity index is 518. The van der Waals surface area contributed by atoms with E-state index >= 15 is 0 Å². The summed E-state index contributed by atoms with van der Waals surface area (Å²) in [6.07, 6.45) is 2.61. The maximum Gasteiger partial charge on any atom is 0.226 e. The highest BCUT2D eigenvalue weighted by Crippen LogP contribution is 2.27. The molecule has 0 aromatic carbocycles. The van der Waals surface area contributed by atoms with Crippen LogP contribution in [0, 0.1) is 5.92 Å². The first kappa shape index (κ1) is 13.6. The summed E-state index contributed by atoms with van der Waals surface area (Å²) < 4.78 is 0. The molecule has 0 aliphatic carbocycles. The van der Waals surface area contributed by atoms with Crippen LogP contribution in [0.25, 0.3) is 0 Å². The summed E-state index contributed by atoms with van der Waals surface area (Å²) in [5.41, 5.74) is 1.32. The Morgan fingerprint density at radius 3 is 2.65 bits per heavy atom. The molecule has 0 atom stereocenters. The summed E-state index contributed by atoms with van der Waals surface area (Å²) >= 11 is 1.80. The molecule has 4 nitrogen and oxygen atoms in total. The molecular weight excluding hydrogens is 272 g/mol. The molecule has 0 bridgehead atoms. The maximum absolute atomic E-state index is 12.6. The van der Waals surface area contributed by atoms with E-state index in [1.54, 1.807) is 18.3 Å². The number of amides is 2. The van der Waals surface area contributed by atoms with Gasteiger partial charge >= 0.3 is 0 Å². The third-order valence-corrected chi connectivity index (χ3v) is 5.43. The third kappa shape index (κ3) is 2.59. The maximum atomic E-state index is 12.6. The van der Waals surface area contributed by atoms with E-state index < -0.39 is 0 Å². The second kappa shape index (κ2) is 5.56. The average Bonchev–Trinajstić information content (AvgIpc) is 2.94. The van der Waals surface area contributed by atoms with E-state index in [4.69, 9.17) is 0 Å². The zero-order valence-electron chi connectivity index (χ0n) is 11.8. The molecule has 2 aliphatic heterocycles. The minimum atomic E-state index is 0.103. The molecule has 2 amide bonds. The molecule has 1 saturated heterocycles. The fourth-order valence-corrected chi connectivity index (χ4v) is 4.03. The largest absolute Gasteiger partial charge is 0.343 e. The molecule has 2 aliphatic rings. The fraction of sp³-hybridized carbons (Fsp3) is 0.600. The van der Waals surface area contributed by atoms with E-state index in [9.17, 15) is 9.59 Å². The zero-order valence-corrected chi connectivity index (χ0v) is 12.6. The van der Waals surface area contributed by atoms with Gasteiger partial charge in [0.15, 0.2) is 0 Å². The molecule has 108 valence electrons. The third-order valence-electron chi connectivity index (χ3n) is 4.41. The van der Waals surface area contributed by atoms with E-state index in [0.29, 0.717) is 0 Å². The van der Waals surface area contributed by atoms with Gasteiger partial charge in [-0.05, 0) is 36.3 Å². The highest BCUT2D eigenvalue weighted by atomic mass is 32.1. The molecule has 20 heavy (non-hydrogen) atoms. The van der Waals surface area contributed by atoms with E-state index in [0.717, 1.165) is 45.4 Å². The lowest BCUT2D eigenvalue weighted by molar-refractivity contribution is -0.140. The van der Waals surface area contributed by atoms with Crippen LogP contribution in [0.15, 0.2) is 11.4 Å². The van der Waals surface area contributed by atoms with Crippen LogP contribution in [0.2, 0.25) is 0 Å². The van der Waals surface area contributed by atoms with Gasteiger partial charge in [-0.3, -0.25) is 9.59 Å². The number of hydrogen-bond donors (Lipinski definition) is 0. The summed E-state index contributed by atoms with van der Waals surface area (Å²) in [7, 11) is 0. The van der Waals surface area contributed by atoms with Gasteiger partial charge in [0.25, 0.3) is 0 Å². The van der Waals surface area contributed by atoms with Gasteiger partial charge in [-0.25, -0.2) is 0 Å². The lowest BCUT2D eigenvalue weighted by Crippen LogP contribution is -2.45. The van der Waals surface area contributed by atoms with Crippen molar-refractivity contribution in [2.75, 3.05) is 19.6 Å². The van der Waals surface area contributed by atoms with Crippen LogP contribution >= 0.6 is 11.3 Å². The van der Waals surface area contributed by atoms with Crippen LogP contribution in [0.3, 0.4) is 0 Å². The van der Waals surface area contributed by atoms with Crippen LogP contribution in [-0.4, -0.2) is 41.2 Å². The molecule has 3 rings (SSSR count). The predicted octanol–water partition coefficient (Wildman–Crippen LogP) is 1.89. The molecule has 3 heterocycles. The van der Waals surface area contributed by atoms with Gasteiger partial charge in [0, 0.05) is 43.9 Å². The first-order chi connectivity index (χ1) is 9.65. The first-order valence-electron chi connectivity index (χ1n) is 7.24. The average molecular weight is 292 g/mol. The van der Waals surface area contributed by atoms with Crippen LogP contribution in [0.4, 0.5) is 0 Å². The van der Waals surface area contributed by atoms with Crippen molar-refractivity contribution in [3.63, 3.8) is 0 Å². The molecule has 1 aromatic heterocycles. The Balaban J connectivity index is 1.59. The number of hydrogen-bond acceptors (Lipinski definition) is 3. The van der Waals surface area contributed by atoms with Gasteiger partial charge in [0.1, 0.15) is 0 Å². The molecule has 0 unspecified atom stereocenters. The van der Waals surface area contributed by atoms with Crippen molar-refractivity contribution in [2.24, 2.45) is 5.92 Å². The van der Waals surface area contributed by atoms with E-state index in [2.05, 4.69) is 11.4 Å². The van der Waals surface area contributed by atoms with Crippen molar-refractivity contribution in [2.45, 2.75) is 32.7 Å². The van der Waals surface area contributed by atoms with E-state index in [-0.39, 0.29) is 17.7 Å². The minimum Gasteiger partial charge on any atom is -0.343 e. The minimum absolute atomic E-state index is 0.103. The SMILES string of the molecule is CC(=O)N1CCC(C(=O)N2CCc3sccc3C2)CC1. The Morgan fingerprint density at radius 2 is 1.95 bits per heavy atom. The van der Waals surface area contributed by atoms with Crippen LogP contribution < -0.4 is 0 Å². The molecular formula is C15H20N2O2S. The summed E-state index contributed by atoms with van der Waals surface area (Å²) in [6, 6.07) is 2.14. The standard InChI is InChI=1S/C15H20N2O2S/c1-11(18)16-6-2-12(3-7-16)15(19)17-8-4-14-13(10-17)5-9-20-14/h5,9,12H,2-4,6-8,10H2,1H3. The van der Waals surface area contributed by atoms with Crippen molar-refractivity contribution in [3.05, 3.63) is 21.9 Å². The number of thiophene rings is 1. The number of carbonyl (C=O) groups is 2. The van der Waals surface area contributed by atoms with Crippen molar-refractivity contribution < 1.29 is 9.59 Å². The highest BCUT2D eigenvalue weighted by molar-refractivity contribution is 7.10. The van der Waals surface area contributed by atoms with Gasteiger partial charge < -0.3 is 9.80 Å². The molecule has 5 heteroatoms. The van der Waals surface area contributed by atoms with E-state index in [1.165, 1.54) is 10.4 Å². The van der Waals surface area contributed by atoms with E-state index in [1.807, 2.05) is 9.80 Å². The van der Waals surface area contributed by atoms with Gasteiger partial charge in [-0.1, -0.05) is 0 Å². The monoisotopic (exact) mass is 292 g/mol. The Morgan fingerprint density at radius 1 is 1.20 bits per heavy atom. The Kier molecular flexibility index (Phi) is 3.78. The van der Waals surface area contributed by atoms with Gasteiger partial charge in [-0.2, -0.15) is 0 Å². The quantitative estimate of drug-likeness (QED) is 0.793. The number of carbonyl (C=O) groups excluding carboxylic acids is 2. The molecule has 0 saturated carbocycles. The number of rotatable bonds is 1. The van der Waals surface area contributed by atoms with Crippen LogP contribution in [0.5, 0.6) is 0 Å².